The van der Waals surface area contributed by atoms with E-state index < -0.39 is 6.86 Å². The molecule has 20 valence electrons. The van der Waals surface area contributed by atoms with Crippen LogP contribution in [-0.2, 0) is 0 Å². The summed E-state index contributed by atoms with van der Waals surface area (Å²) in [6.45, 7) is -1.50. The van der Waals surface area contributed by atoms with Crippen molar-refractivity contribution in [3.63, 3.8) is 0 Å². The molecule has 1 nitrogen and oxygen atoms in total. The van der Waals surface area contributed by atoms with Gasteiger partial charge in [0.15, 0.2) is 0 Å². The van der Waals surface area contributed by atoms with Crippen LogP contribution in [0.3, 0.4) is 0 Å². The molecule has 0 amide bonds. The van der Waals surface area contributed by atoms with Gasteiger partial charge >= 0.3 is 29.6 Å². The Kier molecular flexibility index (Phi) is 20.1. The van der Waals surface area contributed by atoms with E-state index in [1.54, 1.807) is 0 Å². The molecule has 0 aliphatic rings. The Morgan fingerprint density at radius 1 is 1.75 bits per heavy atom. The van der Waals surface area contributed by atoms with Gasteiger partial charge < -0.3 is 5.11 Å². The smallest absolute Gasteiger partial charge is 0.830 e. The van der Waals surface area contributed by atoms with E-state index in [0.29, 0.717) is 0 Å². The summed E-state index contributed by atoms with van der Waals surface area (Å²) in [5.74, 6) is 0. The van der Waals surface area contributed by atoms with Crippen LogP contribution in [0.15, 0.2) is 0 Å². The second-order valence-corrected chi connectivity index (χ2v) is 0.109. The fraction of sp³-hybridized carbons (Fsp3) is 1.00. The predicted octanol–water partition coefficient (Wildman–Crippen LogP) is -3.72. The third-order valence-corrected chi connectivity index (χ3v) is 0. The summed E-state index contributed by atoms with van der Waals surface area (Å²) in [5.41, 5.74) is 0. The van der Waals surface area contributed by atoms with E-state index in [-0.39, 0.29) is 29.6 Å². The van der Waals surface area contributed by atoms with Gasteiger partial charge in [-0.05, 0) is 0 Å². The van der Waals surface area contributed by atoms with E-state index in [1.807, 2.05) is 0 Å². The number of rotatable bonds is 0. The summed E-state index contributed by atoms with van der Waals surface area (Å²) in [5, 5.41) is 8.26. The third kappa shape index (κ3) is 13.0. The van der Waals surface area contributed by atoms with E-state index in [4.69, 9.17) is 5.11 Å². The molecule has 0 aromatic carbocycles. The largest absolute Gasteiger partial charge is 1.00 e. The Morgan fingerprint density at radius 3 is 1.75 bits per heavy atom. The van der Waals surface area contributed by atoms with Crippen molar-refractivity contribution >= 4 is 0 Å². The molecular weight excluding hydrogens is 70.0 g/mol. The molecule has 0 atom stereocenters. The molecule has 0 aliphatic heterocycles. The van der Waals surface area contributed by atoms with Crippen molar-refractivity contribution < 1.29 is 39.1 Å². The second kappa shape index (κ2) is 9.10. The van der Waals surface area contributed by atoms with Crippen LogP contribution in [0, 0.1) is 0 Å². The third-order valence-electron chi connectivity index (χ3n) is 0. The van der Waals surface area contributed by atoms with Crippen LogP contribution in [0.4, 0.5) is 4.39 Å². The molecule has 0 aromatic heterocycles. The standard InChI is InChI=1S/CH2FO.Na/c2-1-3;/h1H2;/q-1;+1. The van der Waals surface area contributed by atoms with Crippen LogP contribution in [0.1, 0.15) is 0 Å². The van der Waals surface area contributed by atoms with Crippen LogP contribution in [0.5, 0.6) is 0 Å². The van der Waals surface area contributed by atoms with Gasteiger partial charge in [0.1, 0.15) is 0 Å². The first-order chi connectivity index (χ1) is 1.41. The van der Waals surface area contributed by atoms with Gasteiger partial charge in [-0.3, -0.25) is 4.39 Å². The van der Waals surface area contributed by atoms with Crippen molar-refractivity contribution in [3.8, 4) is 0 Å². The fourth-order valence-corrected chi connectivity index (χ4v) is 0. The molecule has 0 N–H and O–H groups in total. The first kappa shape index (κ1) is 8.86. The number of alkyl halides is 1. The minimum atomic E-state index is -1.50. The van der Waals surface area contributed by atoms with E-state index in [1.165, 1.54) is 0 Å². The molecule has 4 heavy (non-hydrogen) atoms. The zero-order valence-electron chi connectivity index (χ0n) is 2.49. The van der Waals surface area contributed by atoms with Gasteiger partial charge in [0.05, 0.1) is 0 Å². The van der Waals surface area contributed by atoms with E-state index in [2.05, 4.69) is 0 Å². The monoisotopic (exact) mass is 72.0 g/mol. The van der Waals surface area contributed by atoms with Gasteiger partial charge in [0.25, 0.3) is 0 Å². The molecule has 0 unspecified atom stereocenters. The summed E-state index contributed by atoms with van der Waals surface area (Å²) >= 11 is 0. The maximum Gasteiger partial charge on any atom is 1.00 e. The van der Waals surface area contributed by atoms with Gasteiger partial charge in [0.2, 0.25) is 0 Å². The summed E-state index contributed by atoms with van der Waals surface area (Å²) in [6, 6.07) is 0. The van der Waals surface area contributed by atoms with Crippen LogP contribution in [-0.4, -0.2) is 6.86 Å². The van der Waals surface area contributed by atoms with Crippen molar-refractivity contribution in [1.82, 2.24) is 0 Å². The maximum absolute atomic E-state index is 9.74. The zero-order valence-corrected chi connectivity index (χ0v) is 4.49. The van der Waals surface area contributed by atoms with Crippen LogP contribution < -0.4 is 34.7 Å². The molecule has 0 radical (unpaired) electrons. The Labute approximate surface area is 46.1 Å². The van der Waals surface area contributed by atoms with Crippen molar-refractivity contribution in [2.24, 2.45) is 0 Å². The van der Waals surface area contributed by atoms with Gasteiger partial charge in [-0.15, -0.1) is 0 Å². The molecule has 0 saturated carbocycles. The molecule has 0 saturated heterocycles. The predicted molar refractivity (Wildman–Crippen MR) is 5.97 cm³/mol. The number of hydrogen-bond acceptors (Lipinski definition) is 1. The average Bonchev–Trinajstić information content (AvgIpc) is 0.918. The van der Waals surface area contributed by atoms with E-state index >= 15 is 0 Å². The number of halogens is 1. The van der Waals surface area contributed by atoms with Gasteiger partial charge in [-0.1, -0.05) is 0 Å². The van der Waals surface area contributed by atoms with E-state index in [9.17, 15) is 4.39 Å². The topological polar surface area (TPSA) is 23.1 Å². The first-order valence-corrected chi connectivity index (χ1v) is 0.556. The van der Waals surface area contributed by atoms with Crippen molar-refractivity contribution in [2.75, 3.05) is 6.86 Å². The minimum absolute atomic E-state index is 0. The molecule has 3 heteroatoms. The molecule has 0 rings (SSSR count). The van der Waals surface area contributed by atoms with Crippen LogP contribution in [0.25, 0.3) is 0 Å². The minimum Gasteiger partial charge on any atom is -0.830 e. The summed E-state index contributed by atoms with van der Waals surface area (Å²) < 4.78 is 9.74. The fourth-order valence-electron chi connectivity index (χ4n) is 0. The SMILES string of the molecule is [Na+].[O-]CF. The molecule has 0 heterocycles. The Hall–Kier alpha value is 0.890. The molecule has 0 spiro atoms. The van der Waals surface area contributed by atoms with Gasteiger partial charge in [-0.25, -0.2) is 0 Å². The maximum atomic E-state index is 9.74. The molecule has 0 aliphatic carbocycles. The summed E-state index contributed by atoms with van der Waals surface area (Å²) in [4.78, 5) is 0. The molecule has 0 bridgehead atoms. The number of hydrogen-bond donors (Lipinski definition) is 0. The normalized spacial score (nSPS) is 4.50. The Morgan fingerprint density at radius 2 is 1.75 bits per heavy atom. The Bertz CT molecular complexity index is 8.00. The average molecular weight is 72.0 g/mol. The first-order valence-electron chi connectivity index (χ1n) is 0.556. The molecule has 0 fully saturated rings. The summed E-state index contributed by atoms with van der Waals surface area (Å²) in [6.07, 6.45) is 0. The van der Waals surface area contributed by atoms with Crippen LogP contribution >= 0.6 is 0 Å². The van der Waals surface area contributed by atoms with Gasteiger partial charge in [0, 0.05) is 6.86 Å². The van der Waals surface area contributed by atoms with Crippen molar-refractivity contribution in [3.05, 3.63) is 0 Å². The quantitative estimate of drug-likeness (QED) is 0.270. The van der Waals surface area contributed by atoms with Gasteiger partial charge in [-0.2, -0.15) is 0 Å². The van der Waals surface area contributed by atoms with Crippen molar-refractivity contribution in [2.45, 2.75) is 0 Å². The zero-order chi connectivity index (χ0) is 2.71. The molecule has 0 aromatic rings. The van der Waals surface area contributed by atoms with E-state index in [0.717, 1.165) is 0 Å². The molecular formula is CH2FNaO. The second-order valence-electron chi connectivity index (χ2n) is 0.109. The van der Waals surface area contributed by atoms with Crippen LogP contribution in [0.2, 0.25) is 0 Å². The summed E-state index contributed by atoms with van der Waals surface area (Å²) in [7, 11) is 0. The van der Waals surface area contributed by atoms with Crippen molar-refractivity contribution in [1.29, 1.82) is 0 Å². The Balaban J connectivity index is 0.